The number of hydrogen-bond acceptors (Lipinski definition) is 12. The average Bonchev–Trinajstić information content (AvgIpc) is 3.40. The summed E-state index contributed by atoms with van der Waals surface area (Å²) in [6.45, 7) is 17.9. The third-order valence-corrected chi connectivity index (χ3v) is 18.3. The first-order valence-electron chi connectivity index (χ1n) is 31.6. The second kappa shape index (κ2) is 49.8. The van der Waals surface area contributed by atoms with E-state index in [-0.39, 0.29) is 23.9 Å². The van der Waals surface area contributed by atoms with Crippen LogP contribution in [0.25, 0.3) is 0 Å². The van der Waals surface area contributed by atoms with Gasteiger partial charge in [-0.25, -0.2) is 0 Å². The van der Waals surface area contributed by atoms with Crippen LogP contribution in [-0.4, -0.2) is 111 Å². The monoisotopic (exact) mass is 1080 g/mol. The van der Waals surface area contributed by atoms with E-state index in [1.54, 1.807) is 0 Å². The predicted molar refractivity (Wildman–Crippen MR) is 314 cm³/mol. The minimum absolute atomic E-state index is 0.118. The lowest BCUT2D eigenvalue weighted by molar-refractivity contribution is -0.147. The van der Waals surface area contributed by atoms with Gasteiger partial charge in [0.05, 0.1) is 26.4 Å². The third kappa shape index (κ3) is 40.7. The number of nitrogens with zero attached hydrogens (tertiary/aromatic N) is 2. The van der Waals surface area contributed by atoms with Gasteiger partial charge in [0.2, 0.25) is 0 Å². The van der Waals surface area contributed by atoms with Crippen LogP contribution in [0, 0.1) is 23.7 Å². The van der Waals surface area contributed by atoms with Crippen molar-refractivity contribution in [1.82, 2.24) is 9.80 Å². The van der Waals surface area contributed by atoms with Crippen LogP contribution < -0.4 is 0 Å². The van der Waals surface area contributed by atoms with Gasteiger partial charge in [-0.1, -0.05) is 178 Å². The molecule has 2 heterocycles. The molecule has 2 unspecified atom stereocenters. The van der Waals surface area contributed by atoms with E-state index in [2.05, 4.69) is 37.5 Å². The Kier molecular flexibility index (Phi) is 46.1. The molecule has 10 nitrogen and oxygen atoms in total. The van der Waals surface area contributed by atoms with E-state index in [0.29, 0.717) is 101 Å². The molecular formula is C62H116N2O8S2. The highest BCUT2D eigenvalue weighted by Crippen LogP contribution is 2.27. The summed E-state index contributed by atoms with van der Waals surface area (Å²) >= 11 is 0. The third-order valence-electron chi connectivity index (χ3n) is 15.9. The number of hydrogen-bond donors (Lipinski definition) is 0. The summed E-state index contributed by atoms with van der Waals surface area (Å²) in [5, 5.41) is 0. The lowest BCUT2D eigenvalue weighted by Crippen LogP contribution is -2.36. The van der Waals surface area contributed by atoms with Crippen LogP contribution in [0.2, 0.25) is 0 Å². The molecule has 2 aliphatic rings. The molecule has 74 heavy (non-hydrogen) atoms. The highest BCUT2D eigenvalue weighted by atomic mass is 33.1. The van der Waals surface area contributed by atoms with Gasteiger partial charge >= 0.3 is 23.9 Å². The summed E-state index contributed by atoms with van der Waals surface area (Å²) in [6.07, 6.45) is 41.1. The molecule has 0 aromatic carbocycles. The molecule has 0 N–H and O–H groups in total. The number of rotatable bonds is 51. The molecule has 0 spiro atoms. The van der Waals surface area contributed by atoms with Gasteiger partial charge in [0.25, 0.3) is 0 Å². The van der Waals surface area contributed by atoms with Crippen molar-refractivity contribution in [2.75, 3.05) is 77.2 Å². The fourth-order valence-electron chi connectivity index (χ4n) is 10.7. The Morgan fingerprint density at radius 3 is 1.00 bits per heavy atom. The van der Waals surface area contributed by atoms with Gasteiger partial charge in [0.15, 0.2) is 0 Å². The first kappa shape index (κ1) is 68.6. The molecule has 0 aliphatic carbocycles. The van der Waals surface area contributed by atoms with E-state index in [0.717, 1.165) is 89.3 Å². The maximum atomic E-state index is 12.5. The fraction of sp³-hybridized carbons (Fsp3) is 0.935. The molecule has 0 radical (unpaired) electrons. The summed E-state index contributed by atoms with van der Waals surface area (Å²) in [7, 11) is 4.00. The van der Waals surface area contributed by atoms with Gasteiger partial charge in [-0.15, -0.1) is 0 Å². The second-order valence-corrected chi connectivity index (χ2v) is 25.3. The van der Waals surface area contributed by atoms with Crippen molar-refractivity contribution in [1.29, 1.82) is 0 Å². The fourth-order valence-corrected chi connectivity index (χ4v) is 12.7. The zero-order chi connectivity index (χ0) is 53.4. The van der Waals surface area contributed by atoms with E-state index in [1.807, 2.05) is 21.6 Å². The first-order chi connectivity index (χ1) is 36.3. The lowest BCUT2D eigenvalue weighted by Gasteiger charge is -2.32. The first-order valence-corrected chi connectivity index (χ1v) is 34.1. The Labute approximate surface area is 463 Å². The number of carbonyl (C=O) groups is 4. The second-order valence-electron chi connectivity index (χ2n) is 22.6. The molecule has 2 rings (SSSR count). The van der Waals surface area contributed by atoms with Gasteiger partial charge in [0, 0.05) is 50.3 Å². The standard InChI is InChI=1S/C62H116N2O8S2/c1-5-9-13-17-19-23-31-57(29-21-15-11-7-3)53-71-61(67)35-27-25-33-59(65)69-49-41-55-37-43-63(44-38-55)47-51-73-74-52-48-64-45-39-56(40-46-64)42-50-70-60(66)34-26-28-36-62(68)72-54-58(30-22-16-12-8-4)32-24-20-18-14-10-6-2/h55-58H,5-54H2,1-4H3. The number of ether oxygens (including phenoxy) is 4. The average molecular weight is 1080 g/mol. The topological polar surface area (TPSA) is 112 Å². The number of unbranched alkanes of at least 4 members (excludes halogenated alkanes) is 18. The van der Waals surface area contributed by atoms with E-state index in [4.69, 9.17) is 18.9 Å². The largest absolute Gasteiger partial charge is 0.466 e. The minimum Gasteiger partial charge on any atom is -0.466 e. The highest BCUT2D eigenvalue weighted by Gasteiger charge is 2.22. The Hall–Kier alpha value is -1.50. The van der Waals surface area contributed by atoms with E-state index in [1.165, 1.54) is 154 Å². The van der Waals surface area contributed by atoms with Crippen molar-refractivity contribution in [2.24, 2.45) is 23.7 Å². The maximum absolute atomic E-state index is 12.5. The summed E-state index contributed by atoms with van der Waals surface area (Å²) in [4.78, 5) is 55.0. The zero-order valence-corrected chi connectivity index (χ0v) is 50.3. The molecule has 0 aromatic heterocycles. The van der Waals surface area contributed by atoms with Crippen LogP contribution in [0.3, 0.4) is 0 Å². The van der Waals surface area contributed by atoms with Crippen molar-refractivity contribution >= 4 is 45.5 Å². The summed E-state index contributed by atoms with van der Waals surface area (Å²) in [6, 6.07) is 0. The molecule has 0 saturated carbocycles. The predicted octanol–water partition coefficient (Wildman–Crippen LogP) is 16.5. The van der Waals surface area contributed by atoms with Crippen LogP contribution in [0.4, 0.5) is 0 Å². The Bertz CT molecular complexity index is 1230. The molecule has 2 saturated heterocycles. The smallest absolute Gasteiger partial charge is 0.305 e. The Balaban J connectivity index is 1.40. The Morgan fingerprint density at radius 2 is 0.676 bits per heavy atom. The van der Waals surface area contributed by atoms with Crippen molar-refractivity contribution in [2.45, 2.75) is 272 Å². The van der Waals surface area contributed by atoms with Crippen molar-refractivity contribution in [3.8, 4) is 0 Å². The zero-order valence-electron chi connectivity index (χ0n) is 48.6. The van der Waals surface area contributed by atoms with Gasteiger partial charge in [-0.05, 0) is 140 Å². The van der Waals surface area contributed by atoms with Crippen LogP contribution in [0.15, 0.2) is 0 Å². The molecule has 434 valence electrons. The molecule has 0 amide bonds. The summed E-state index contributed by atoms with van der Waals surface area (Å²) in [5.74, 6) is 3.99. The quantitative estimate of drug-likeness (QED) is 0.0250. The van der Waals surface area contributed by atoms with Crippen LogP contribution in [0.1, 0.15) is 272 Å². The molecular weight excluding hydrogens is 965 g/mol. The number of piperidine rings is 2. The molecule has 2 aliphatic heterocycles. The van der Waals surface area contributed by atoms with Gasteiger partial charge < -0.3 is 28.7 Å². The lowest BCUT2D eigenvalue weighted by atomic mass is 9.94. The SMILES string of the molecule is CCCCCCCCC(CCCCCC)COC(=O)CCCCC(=O)OCCC1CCN(CCSSCCN2CCC(CCOC(=O)CCCCC(=O)OCC(CCCCCC)CCCCCCCC)CC2)CC1. The summed E-state index contributed by atoms with van der Waals surface area (Å²) < 4.78 is 22.7. The highest BCUT2D eigenvalue weighted by molar-refractivity contribution is 8.76. The van der Waals surface area contributed by atoms with Crippen LogP contribution in [-0.2, 0) is 38.1 Å². The normalized spacial score (nSPS) is 15.8. The number of likely N-dealkylation sites (tertiary alicyclic amines) is 2. The van der Waals surface area contributed by atoms with E-state index in [9.17, 15) is 19.2 Å². The maximum Gasteiger partial charge on any atom is 0.305 e. The minimum atomic E-state index is -0.138. The summed E-state index contributed by atoms with van der Waals surface area (Å²) in [5.41, 5.74) is 0. The van der Waals surface area contributed by atoms with Crippen molar-refractivity contribution in [3.63, 3.8) is 0 Å². The molecule has 0 aromatic rings. The van der Waals surface area contributed by atoms with Crippen molar-refractivity contribution < 1.29 is 38.1 Å². The Morgan fingerprint density at radius 1 is 0.392 bits per heavy atom. The van der Waals surface area contributed by atoms with E-state index >= 15 is 0 Å². The van der Waals surface area contributed by atoms with E-state index < -0.39 is 0 Å². The number of carbonyl (C=O) groups excluding carboxylic acids is 4. The molecule has 12 heteroatoms. The molecule has 0 bridgehead atoms. The molecule has 2 fully saturated rings. The van der Waals surface area contributed by atoms with Gasteiger partial charge in [-0.3, -0.25) is 19.2 Å². The van der Waals surface area contributed by atoms with Crippen LogP contribution in [0.5, 0.6) is 0 Å². The molecule has 2 atom stereocenters. The van der Waals surface area contributed by atoms with Gasteiger partial charge in [-0.2, -0.15) is 0 Å². The van der Waals surface area contributed by atoms with Crippen molar-refractivity contribution in [3.05, 3.63) is 0 Å². The van der Waals surface area contributed by atoms with Gasteiger partial charge in [0.1, 0.15) is 0 Å². The number of esters is 4. The van der Waals surface area contributed by atoms with Crippen LogP contribution >= 0.6 is 21.6 Å².